The fourth-order valence-electron chi connectivity index (χ4n) is 1.38. The van der Waals surface area contributed by atoms with E-state index in [4.69, 9.17) is 5.11 Å². The van der Waals surface area contributed by atoms with Gasteiger partial charge in [-0.3, -0.25) is 4.79 Å². The maximum atomic E-state index is 11.8. The van der Waals surface area contributed by atoms with Crippen LogP contribution in [0.25, 0.3) is 0 Å². The van der Waals surface area contributed by atoms with E-state index in [1.54, 1.807) is 31.1 Å². The summed E-state index contributed by atoms with van der Waals surface area (Å²) >= 11 is 0. The second kappa shape index (κ2) is 5.84. The molecule has 1 aromatic rings. The van der Waals surface area contributed by atoms with Crippen LogP contribution in [0, 0.1) is 0 Å². The fraction of sp³-hybridized carbons (Fsp3) is 0.231. The molecule has 1 rings (SSSR count). The number of nitrogens with zero attached hydrogens (tertiary/aromatic N) is 1. The monoisotopic (exact) mass is 233 g/mol. The number of carbonyl (C=O) groups excluding carboxylic acids is 1. The molecule has 0 radical (unpaired) electrons. The van der Waals surface area contributed by atoms with Crippen LogP contribution in [0.2, 0.25) is 0 Å². The van der Waals surface area contributed by atoms with E-state index in [0.29, 0.717) is 0 Å². The van der Waals surface area contributed by atoms with Crippen molar-refractivity contribution >= 4 is 11.8 Å². The van der Waals surface area contributed by atoms with E-state index in [1.807, 2.05) is 18.2 Å². The highest BCUT2D eigenvalue weighted by Gasteiger charge is 2.17. The van der Waals surface area contributed by atoms with Gasteiger partial charge in [-0.15, -0.1) is 0 Å². The Morgan fingerprint density at radius 1 is 1.24 bits per heavy atom. The fourth-order valence-corrected chi connectivity index (χ4v) is 1.38. The van der Waals surface area contributed by atoms with E-state index >= 15 is 0 Å². The topological polar surface area (TPSA) is 57.6 Å². The van der Waals surface area contributed by atoms with Crippen LogP contribution >= 0.6 is 0 Å². The van der Waals surface area contributed by atoms with Crippen molar-refractivity contribution in [3.8, 4) is 0 Å². The summed E-state index contributed by atoms with van der Waals surface area (Å²) in [4.78, 5) is 24.3. The lowest BCUT2D eigenvalue weighted by Gasteiger charge is -2.08. The van der Waals surface area contributed by atoms with Crippen molar-refractivity contribution in [1.82, 2.24) is 4.90 Å². The van der Waals surface area contributed by atoms with Crippen LogP contribution in [0.1, 0.15) is 5.56 Å². The van der Waals surface area contributed by atoms with Gasteiger partial charge < -0.3 is 10.0 Å². The van der Waals surface area contributed by atoms with Gasteiger partial charge in [-0.1, -0.05) is 30.3 Å². The highest BCUT2D eigenvalue weighted by Crippen LogP contribution is 2.06. The normalized spacial score (nSPS) is 11.1. The molecule has 0 aliphatic rings. The predicted molar refractivity (Wildman–Crippen MR) is 64.6 cm³/mol. The lowest BCUT2D eigenvalue weighted by molar-refractivity contribution is -0.134. The molecule has 4 heteroatoms. The molecule has 4 nitrogen and oxygen atoms in total. The number of carboxylic acid groups (broad SMARTS) is 1. The molecule has 0 spiro atoms. The van der Waals surface area contributed by atoms with Crippen molar-refractivity contribution in [2.24, 2.45) is 0 Å². The Bertz CT molecular complexity index is 435. The number of Topliss-reactive ketones (excluding diaryl/α,β-unsaturated/α-hetero) is 1. The summed E-state index contributed by atoms with van der Waals surface area (Å²) in [6, 6.07) is 9.08. The number of carbonyl (C=O) groups is 2. The minimum Gasteiger partial charge on any atom is -0.478 e. The summed E-state index contributed by atoms with van der Waals surface area (Å²) in [5.74, 6) is -1.59. The summed E-state index contributed by atoms with van der Waals surface area (Å²) < 4.78 is 0. The van der Waals surface area contributed by atoms with Gasteiger partial charge >= 0.3 is 5.97 Å². The van der Waals surface area contributed by atoms with Crippen molar-refractivity contribution in [2.75, 3.05) is 14.1 Å². The highest BCUT2D eigenvalue weighted by molar-refractivity contribution is 6.17. The molecule has 0 atom stereocenters. The zero-order valence-electron chi connectivity index (χ0n) is 9.88. The van der Waals surface area contributed by atoms with Crippen LogP contribution in [0.15, 0.2) is 42.1 Å². The van der Waals surface area contributed by atoms with Gasteiger partial charge in [0, 0.05) is 26.7 Å². The quantitative estimate of drug-likeness (QED) is 0.473. The zero-order valence-corrected chi connectivity index (χ0v) is 9.88. The van der Waals surface area contributed by atoms with E-state index in [1.165, 1.54) is 6.20 Å². The standard InChI is InChI=1S/C13H15NO3/c1-14(2)9-11(13(16)17)12(15)8-10-6-4-3-5-7-10/h3-7,9H,8H2,1-2H3,(H,16,17)/b11-9-. The van der Waals surface area contributed by atoms with E-state index in [-0.39, 0.29) is 12.0 Å². The second-order valence-electron chi connectivity index (χ2n) is 3.90. The summed E-state index contributed by atoms with van der Waals surface area (Å²) in [6.07, 6.45) is 1.43. The Morgan fingerprint density at radius 3 is 2.29 bits per heavy atom. The van der Waals surface area contributed by atoms with E-state index in [0.717, 1.165) is 5.56 Å². The van der Waals surface area contributed by atoms with Crippen molar-refractivity contribution in [1.29, 1.82) is 0 Å². The predicted octanol–water partition coefficient (Wildman–Crippen LogP) is 1.33. The van der Waals surface area contributed by atoms with E-state index < -0.39 is 11.8 Å². The molecule has 1 aromatic carbocycles. The van der Waals surface area contributed by atoms with Gasteiger partial charge in [-0.25, -0.2) is 4.79 Å². The van der Waals surface area contributed by atoms with Gasteiger partial charge in [0.05, 0.1) is 0 Å². The van der Waals surface area contributed by atoms with Gasteiger partial charge in [0.25, 0.3) is 0 Å². The number of hydrogen-bond acceptors (Lipinski definition) is 3. The minimum absolute atomic E-state index is 0.104. The molecular weight excluding hydrogens is 218 g/mol. The first-order valence-corrected chi connectivity index (χ1v) is 5.19. The van der Waals surface area contributed by atoms with Gasteiger partial charge in [-0.05, 0) is 5.56 Å². The Balaban J connectivity index is 2.84. The van der Waals surface area contributed by atoms with Gasteiger partial charge in [0.1, 0.15) is 5.57 Å². The molecule has 0 amide bonds. The van der Waals surface area contributed by atoms with E-state index in [9.17, 15) is 9.59 Å². The summed E-state index contributed by atoms with van der Waals surface area (Å²) in [5, 5.41) is 8.95. The molecule has 0 fully saturated rings. The van der Waals surface area contributed by atoms with Crippen molar-refractivity contribution in [3.63, 3.8) is 0 Å². The Morgan fingerprint density at radius 2 is 1.82 bits per heavy atom. The summed E-state index contributed by atoms with van der Waals surface area (Å²) in [6.45, 7) is 0. The lowest BCUT2D eigenvalue weighted by atomic mass is 10.0. The molecule has 90 valence electrons. The number of carboxylic acids is 1. The van der Waals surface area contributed by atoms with Crippen LogP contribution in [-0.4, -0.2) is 35.9 Å². The largest absolute Gasteiger partial charge is 0.478 e. The minimum atomic E-state index is -1.19. The molecule has 0 bridgehead atoms. The Labute approximate surface area is 100 Å². The van der Waals surface area contributed by atoms with Crippen LogP contribution in [0.4, 0.5) is 0 Å². The number of aliphatic carboxylic acids is 1. The number of ketones is 1. The lowest BCUT2D eigenvalue weighted by Crippen LogP contribution is -2.18. The van der Waals surface area contributed by atoms with Gasteiger partial charge in [-0.2, -0.15) is 0 Å². The average molecular weight is 233 g/mol. The summed E-state index contributed by atoms with van der Waals surface area (Å²) in [5.41, 5.74) is 0.613. The molecular formula is C13H15NO3. The molecule has 17 heavy (non-hydrogen) atoms. The van der Waals surface area contributed by atoms with E-state index in [2.05, 4.69) is 0 Å². The maximum absolute atomic E-state index is 11.8. The Kier molecular flexibility index (Phi) is 4.46. The maximum Gasteiger partial charge on any atom is 0.340 e. The third-order valence-corrected chi connectivity index (χ3v) is 2.13. The summed E-state index contributed by atoms with van der Waals surface area (Å²) in [7, 11) is 3.36. The molecule has 0 aliphatic carbocycles. The third kappa shape index (κ3) is 4.10. The van der Waals surface area contributed by atoms with Crippen LogP contribution in [0.3, 0.4) is 0 Å². The first-order chi connectivity index (χ1) is 8.00. The Hall–Kier alpha value is -2.10. The molecule has 0 saturated heterocycles. The SMILES string of the molecule is CN(C)/C=C(\C(=O)O)C(=O)Cc1ccccc1. The second-order valence-corrected chi connectivity index (χ2v) is 3.90. The van der Waals surface area contributed by atoms with Gasteiger partial charge in [0.15, 0.2) is 5.78 Å². The average Bonchev–Trinajstić information content (AvgIpc) is 2.26. The number of rotatable bonds is 5. The molecule has 1 N–H and O–H groups in total. The van der Waals surface area contributed by atoms with Crippen LogP contribution in [0.5, 0.6) is 0 Å². The van der Waals surface area contributed by atoms with Crippen LogP contribution in [-0.2, 0) is 16.0 Å². The first-order valence-electron chi connectivity index (χ1n) is 5.19. The smallest absolute Gasteiger partial charge is 0.340 e. The molecule has 0 aromatic heterocycles. The molecule has 0 aliphatic heterocycles. The van der Waals surface area contributed by atoms with Crippen molar-refractivity contribution in [3.05, 3.63) is 47.7 Å². The van der Waals surface area contributed by atoms with Crippen molar-refractivity contribution < 1.29 is 14.7 Å². The van der Waals surface area contributed by atoms with Crippen molar-refractivity contribution in [2.45, 2.75) is 6.42 Å². The number of hydrogen-bond donors (Lipinski definition) is 1. The third-order valence-electron chi connectivity index (χ3n) is 2.13. The highest BCUT2D eigenvalue weighted by atomic mass is 16.4. The zero-order chi connectivity index (χ0) is 12.8. The molecule has 0 unspecified atom stereocenters. The first kappa shape index (κ1) is 13.0. The van der Waals surface area contributed by atoms with Crippen LogP contribution < -0.4 is 0 Å². The number of benzene rings is 1. The molecule has 0 saturated carbocycles. The van der Waals surface area contributed by atoms with Gasteiger partial charge in [0.2, 0.25) is 0 Å². The molecule has 0 heterocycles.